The number of aromatic nitrogens is 5. The van der Waals surface area contributed by atoms with Crippen LogP contribution in [0.1, 0.15) is 24.7 Å². The van der Waals surface area contributed by atoms with Gasteiger partial charge in [0.2, 0.25) is 0 Å². The number of fused-ring (bicyclic) bond motifs is 1. The summed E-state index contributed by atoms with van der Waals surface area (Å²) in [6.45, 7) is 2.74. The highest BCUT2D eigenvalue weighted by Gasteiger charge is 2.08. The van der Waals surface area contributed by atoms with Crippen molar-refractivity contribution in [3.8, 4) is 0 Å². The Bertz CT molecular complexity index is 742. The Morgan fingerprint density at radius 1 is 1.29 bits per heavy atom. The summed E-state index contributed by atoms with van der Waals surface area (Å²) in [7, 11) is 1.77. The zero-order chi connectivity index (χ0) is 14.8. The summed E-state index contributed by atoms with van der Waals surface area (Å²) in [4.78, 5) is 1.48. The third-order valence-corrected chi connectivity index (χ3v) is 3.72. The number of rotatable bonds is 5. The van der Waals surface area contributed by atoms with E-state index < -0.39 is 0 Å². The summed E-state index contributed by atoms with van der Waals surface area (Å²) in [5.74, 6) is 0.714. The summed E-state index contributed by atoms with van der Waals surface area (Å²) in [5, 5.41) is 13.4. The standard InChI is InChI=1S/C15H20N6/c1-3-13(16)8-11-4-5-12-6-7-21(14(12)9-11)10-15-17-19-20(2)18-15/h4-7,9,13H,3,8,10,16H2,1-2H3. The lowest BCUT2D eigenvalue weighted by Gasteiger charge is -2.09. The topological polar surface area (TPSA) is 74.6 Å². The van der Waals surface area contributed by atoms with Crippen LogP contribution in [0.15, 0.2) is 30.5 Å². The minimum absolute atomic E-state index is 0.215. The first kappa shape index (κ1) is 13.8. The van der Waals surface area contributed by atoms with E-state index in [2.05, 4.69) is 57.4 Å². The number of hydrogen-bond donors (Lipinski definition) is 1. The van der Waals surface area contributed by atoms with Crippen LogP contribution in [0, 0.1) is 0 Å². The maximum atomic E-state index is 6.05. The van der Waals surface area contributed by atoms with Crippen molar-refractivity contribution in [2.45, 2.75) is 32.4 Å². The lowest BCUT2D eigenvalue weighted by atomic mass is 10.0. The summed E-state index contributed by atoms with van der Waals surface area (Å²) in [6.07, 6.45) is 3.95. The molecule has 21 heavy (non-hydrogen) atoms. The Morgan fingerprint density at radius 2 is 2.14 bits per heavy atom. The number of benzene rings is 1. The summed E-state index contributed by atoms with van der Waals surface area (Å²) in [6, 6.07) is 8.83. The molecule has 0 aliphatic rings. The van der Waals surface area contributed by atoms with Crippen molar-refractivity contribution >= 4 is 10.9 Å². The van der Waals surface area contributed by atoms with E-state index in [-0.39, 0.29) is 6.04 Å². The second kappa shape index (κ2) is 5.65. The Labute approximate surface area is 123 Å². The van der Waals surface area contributed by atoms with Gasteiger partial charge in [0.1, 0.15) is 0 Å². The molecule has 0 saturated heterocycles. The van der Waals surface area contributed by atoms with Gasteiger partial charge in [0.25, 0.3) is 0 Å². The van der Waals surface area contributed by atoms with E-state index in [4.69, 9.17) is 5.73 Å². The van der Waals surface area contributed by atoms with Crippen LogP contribution in [0.25, 0.3) is 10.9 Å². The van der Waals surface area contributed by atoms with Crippen molar-refractivity contribution in [1.29, 1.82) is 0 Å². The van der Waals surface area contributed by atoms with Gasteiger partial charge in [-0.15, -0.1) is 10.2 Å². The van der Waals surface area contributed by atoms with Crippen molar-refractivity contribution in [3.63, 3.8) is 0 Å². The highest BCUT2D eigenvalue weighted by Crippen LogP contribution is 2.19. The molecule has 0 aliphatic carbocycles. The van der Waals surface area contributed by atoms with Crippen LogP contribution in [-0.2, 0) is 20.0 Å². The summed E-state index contributed by atoms with van der Waals surface area (Å²) < 4.78 is 2.15. The molecule has 6 nitrogen and oxygen atoms in total. The van der Waals surface area contributed by atoms with E-state index >= 15 is 0 Å². The smallest absolute Gasteiger partial charge is 0.194 e. The molecule has 0 aliphatic heterocycles. The first-order valence-corrected chi connectivity index (χ1v) is 7.22. The molecule has 0 amide bonds. The van der Waals surface area contributed by atoms with Gasteiger partial charge >= 0.3 is 0 Å². The highest BCUT2D eigenvalue weighted by molar-refractivity contribution is 5.80. The predicted molar refractivity (Wildman–Crippen MR) is 81.8 cm³/mol. The molecule has 0 radical (unpaired) electrons. The summed E-state index contributed by atoms with van der Waals surface area (Å²) >= 11 is 0. The molecule has 1 unspecified atom stereocenters. The van der Waals surface area contributed by atoms with E-state index in [1.54, 1.807) is 7.05 Å². The lowest BCUT2D eigenvalue weighted by Crippen LogP contribution is -2.21. The van der Waals surface area contributed by atoms with Gasteiger partial charge in [-0.05, 0) is 41.1 Å². The lowest BCUT2D eigenvalue weighted by molar-refractivity contribution is 0.625. The minimum Gasteiger partial charge on any atom is -0.340 e. The van der Waals surface area contributed by atoms with Gasteiger partial charge in [-0.3, -0.25) is 0 Å². The van der Waals surface area contributed by atoms with E-state index in [9.17, 15) is 0 Å². The Morgan fingerprint density at radius 3 is 2.86 bits per heavy atom. The predicted octanol–water partition coefficient (Wildman–Crippen LogP) is 1.49. The molecule has 2 heterocycles. The normalized spacial score (nSPS) is 12.9. The number of nitrogens with two attached hydrogens (primary N) is 1. The van der Waals surface area contributed by atoms with Crippen molar-refractivity contribution < 1.29 is 0 Å². The van der Waals surface area contributed by atoms with Crippen molar-refractivity contribution in [3.05, 3.63) is 41.9 Å². The SMILES string of the molecule is CCC(N)Cc1ccc2ccn(Cc3nnn(C)n3)c2c1. The average Bonchev–Trinajstić information content (AvgIpc) is 3.06. The van der Waals surface area contributed by atoms with Crippen LogP contribution >= 0.6 is 0 Å². The molecule has 1 atom stereocenters. The largest absolute Gasteiger partial charge is 0.340 e. The van der Waals surface area contributed by atoms with Gasteiger partial charge in [0.15, 0.2) is 5.82 Å². The zero-order valence-corrected chi connectivity index (χ0v) is 12.4. The molecule has 2 N–H and O–H groups in total. The fourth-order valence-electron chi connectivity index (χ4n) is 2.48. The van der Waals surface area contributed by atoms with Crippen LogP contribution in [0.2, 0.25) is 0 Å². The van der Waals surface area contributed by atoms with Gasteiger partial charge in [-0.1, -0.05) is 19.1 Å². The Hall–Kier alpha value is -2.21. The third kappa shape index (κ3) is 2.95. The molecule has 110 valence electrons. The molecule has 2 aromatic heterocycles. The van der Waals surface area contributed by atoms with Crippen LogP contribution in [0.4, 0.5) is 0 Å². The molecule has 3 aromatic rings. The van der Waals surface area contributed by atoms with Crippen molar-refractivity contribution in [2.75, 3.05) is 0 Å². The highest BCUT2D eigenvalue weighted by atomic mass is 15.6. The maximum absolute atomic E-state index is 6.05. The Balaban J connectivity index is 1.90. The molecule has 0 spiro atoms. The first-order valence-electron chi connectivity index (χ1n) is 7.22. The summed E-state index contributed by atoms with van der Waals surface area (Å²) in [5.41, 5.74) is 8.50. The molecular weight excluding hydrogens is 264 g/mol. The second-order valence-electron chi connectivity index (χ2n) is 5.40. The quantitative estimate of drug-likeness (QED) is 0.770. The van der Waals surface area contributed by atoms with Crippen LogP contribution in [-0.4, -0.2) is 30.8 Å². The van der Waals surface area contributed by atoms with Crippen molar-refractivity contribution in [2.24, 2.45) is 12.8 Å². The van der Waals surface area contributed by atoms with Gasteiger partial charge < -0.3 is 10.3 Å². The second-order valence-corrected chi connectivity index (χ2v) is 5.40. The maximum Gasteiger partial charge on any atom is 0.194 e. The molecule has 3 rings (SSSR count). The van der Waals surface area contributed by atoms with Gasteiger partial charge in [0, 0.05) is 17.8 Å². The number of hydrogen-bond acceptors (Lipinski definition) is 4. The molecule has 6 heteroatoms. The van der Waals surface area contributed by atoms with E-state index in [0.29, 0.717) is 12.4 Å². The molecule has 0 fully saturated rings. The van der Waals surface area contributed by atoms with Gasteiger partial charge in [0.05, 0.1) is 13.6 Å². The third-order valence-electron chi connectivity index (χ3n) is 3.72. The van der Waals surface area contributed by atoms with Crippen LogP contribution < -0.4 is 5.73 Å². The number of nitrogens with zero attached hydrogens (tertiary/aromatic N) is 5. The number of tetrazole rings is 1. The van der Waals surface area contributed by atoms with E-state index in [1.165, 1.54) is 21.3 Å². The fraction of sp³-hybridized carbons (Fsp3) is 0.400. The molecular formula is C15H20N6. The average molecular weight is 284 g/mol. The van der Waals surface area contributed by atoms with E-state index in [1.807, 2.05) is 0 Å². The molecule has 1 aromatic carbocycles. The van der Waals surface area contributed by atoms with Gasteiger partial charge in [-0.2, -0.15) is 4.80 Å². The first-order chi connectivity index (χ1) is 10.2. The van der Waals surface area contributed by atoms with Gasteiger partial charge in [-0.25, -0.2) is 0 Å². The van der Waals surface area contributed by atoms with E-state index in [0.717, 1.165) is 12.8 Å². The van der Waals surface area contributed by atoms with Crippen molar-refractivity contribution in [1.82, 2.24) is 24.8 Å². The molecule has 0 bridgehead atoms. The molecule has 0 saturated carbocycles. The monoisotopic (exact) mass is 284 g/mol. The Kier molecular flexibility index (Phi) is 3.70. The van der Waals surface area contributed by atoms with Crippen LogP contribution in [0.5, 0.6) is 0 Å². The zero-order valence-electron chi connectivity index (χ0n) is 12.4. The minimum atomic E-state index is 0.215. The number of aryl methyl sites for hydroxylation is 1. The van der Waals surface area contributed by atoms with Crippen LogP contribution in [0.3, 0.4) is 0 Å². The fourth-order valence-corrected chi connectivity index (χ4v) is 2.48.